The van der Waals surface area contributed by atoms with Crippen LogP contribution in [0.25, 0.3) is 0 Å². The van der Waals surface area contributed by atoms with Crippen LogP contribution in [-0.4, -0.2) is 80.1 Å². The van der Waals surface area contributed by atoms with Crippen molar-refractivity contribution in [2.24, 2.45) is 10.9 Å². The van der Waals surface area contributed by atoms with E-state index in [4.69, 9.17) is 4.99 Å². The second-order valence-corrected chi connectivity index (χ2v) is 10.1. The molecule has 1 unspecified atom stereocenters. The number of hydrogen-bond donors (Lipinski definition) is 1. The molecule has 0 aromatic rings. The lowest BCUT2D eigenvalue weighted by molar-refractivity contribution is 0.380. The van der Waals surface area contributed by atoms with Crippen molar-refractivity contribution in [3.63, 3.8) is 0 Å². The first-order valence-electron chi connectivity index (χ1n) is 8.90. The Morgan fingerprint density at radius 2 is 2.08 bits per heavy atom. The Morgan fingerprint density at radius 1 is 1.40 bits per heavy atom. The van der Waals surface area contributed by atoms with Gasteiger partial charge < -0.3 is 10.2 Å². The number of thioether (sulfide) groups is 1. The summed E-state index contributed by atoms with van der Waals surface area (Å²) in [4.78, 5) is 7.06. The van der Waals surface area contributed by atoms with Gasteiger partial charge in [-0.2, -0.15) is 11.8 Å². The Hall–Kier alpha value is 0.260. The smallest absolute Gasteiger partial charge is 0.213 e. The van der Waals surface area contributed by atoms with Gasteiger partial charge in [-0.05, 0) is 26.2 Å². The molecule has 1 rings (SSSR count). The fourth-order valence-corrected chi connectivity index (χ4v) is 4.68. The number of rotatable bonds is 8. The van der Waals surface area contributed by atoms with E-state index in [9.17, 15) is 8.42 Å². The van der Waals surface area contributed by atoms with Crippen molar-refractivity contribution in [2.45, 2.75) is 39.4 Å². The number of sulfonamides is 1. The van der Waals surface area contributed by atoms with Crippen LogP contribution in [0.4, 0.5) is 0 Å². The molecule has 150 valence electrons. The van der Waals surface area contributed by atoms with Crippen molar-refractivity contribution < 1.29 is 8.42 Å². The summed E-state index contributed by atoms with van der Waals surface area (Å²) in [7, 11) is -1.45. The number of nitrogens with zero attached hydrogens (tertiary/aromatic N) is 3. The van der Waals surface area contributed by atoms with Crippen molar-refractivity contribution in [1.82, 2.24) is 14.5 Å². The second kappa shape index (κ2) is 12.6. The molecule has 1 saturated heterocycles. The highest BCUT2D eigenvalue weighted by molar-refractivity contribution is 14.0. The average molecular weight is 507 g/mol. The summed E-state index contributed by atoms with van der Waals surface area (Å²) in [6.07, 6.45) is 0.737. The molecular formula is C16H35IN4O2S2. The topological polar surface area (TPSA) is 65.0 Å². The molecule has 25 heavy (non-hydrogen) atoms. The molecule has 1 N–H and O–H groups in total. The highest BCUT2D eigenvalue weighted by atomic mass is 127. The maximum atomic E-state index is 11.7. The van der Waals surface area contributed by atoms with Gasteiger partial charge in [-0.15, -0.1) is 24.0 Å². The number of hydrogen-bond acceptors (Lipinski definition) is 4. The zero-order chi connectivity index (χ0) is 18.2. The standard InChI is InChI=1S/C16H34N4O2S2.HI/c1-6-17-16(20-11-12-23-15(13-20)14(3)4)18-9-8-10-19(5)24(21,22)7-2;/h14-15H,6-13H2,1-5H3,(H,17,18);1H. The molecule has 1 fully saturated rings. The van der Waals surface area contributed by atoms with Crippen LogP contribution in [0.3, 0.4) is 0 Å². The lowest BCUT2D eigenvalue weighted by Crippen LogP contribution is -2.49. The van der Waals surface area contributed by atoms with E-state index >= 15 is 0 Å². The number of aliphatic imine (C=N–C) groups is 1. The predicted molar refractivity (Wildman–Crippen MR) is 121 cm³/mol. The molecule has 0 aromatic carbocycles. The molecule has 0 aromatic heterocycles. The van der Waals surface area contributed by atoms with E-state index in [1.54, 1.807) is 14.0 Å². The second-order valence-electron chi connectivity index (χ2n) is 6.41. The molecule has 0 bridgehead atoms. The van der Waals surface area contributed by atoms with Gasteiger partial charge in [-0.3, -0.25) is 4.99 Å². The normalized spacial score (nSPS) is 19.2. The molecule has 1 atom stereocenters. The van der Waals surface area contributed by atoms with Crippen LogP contribution in [0.5, 0.6) is 0 Å². The first-order chi connectivity index (χ1) is 11.3. The van der Waals surface area contributed by atoms with Gasteiger partial charge in [-0.1, -0.05) is 13.8 Å². The molecule has 1 aliphatic heterocycles. The third kappa shape index (κ3) is 8.66. The molecule has 1 heterocycles. The number of nitrogens with one attached hydrogen (secondary N) is 1. The maximum absolute atomic E-state index is 11.7. The van der Waals surface area contributed by atoms with Crippen molar-refractivity contribution >= 4 is 51.7 Å². The Balaban J connectivity index is 0.00000576. The predicted octanol–water partition coefficient (Wildman–Crippen LogP) is 2.31. The molecule has 0 aliphatic carbocycles. The van der Waals surface area contributed by atoms with E-state index in [1.807, 2.05) is 0 Å². The van der Waals surface area contributed by atoms with E-state index in [2.05, 4.69) is 42.7 Å². The van der Waals surface area contributed by atoms with Crippen LogP contribution in [-0.2, 0) is 10.0 Å². The highest BCUT2D eigenvalue weighted by Gasteiger charge is 2.24. The monoisotopic (exact) mass is 506 g/mol. The van der Waals surface area contributed by atoms with Crippen LogP contribution in [0.15, 0.2) is 4.99 Å². The Bertz CT molecular complexity index is 500. The summed E-state index contributed by atoms with van der Waals surface area (Å²) < 4.78 is 24.9. The Labute approximate surface area is 175 Å². The van der Waals surface area contributed by atoms with E-state index < -0.39 is 10.0 Å². The van der Waals surface area contributed by atoms with Crippen LogP contribution in [0, 0.1) is 5.92 Å². The van der Waals surface area contributed by atoms with Crippen molar-refractivity contribution in [3.05, 3.63) is 0 Å². The van der Waals surface area contributed by atoms with E-state index in [0.29, 0.717) is 24.3 Å². The highest BCUT2D eigenvalue weighted by Crippen LogP contribution is 2.24. The summed E-state index contributed by atoms with van der Waals surface area (Å²) in [5.74, 6) is 2.90. The molecule has 6 nitrogen and oxygen atoms in total. The number of halogens is 1. The first kappa shape index (κ1) is 25.3. The van der Waals surface area contributed by atoms with Gasteiger partial charge in [0.2, 0.25) is 10.0 Å². The molecular weight excluding hydrogens is 471 g/mol. The van der Waals surface area contributed by atoms with Gasteiger partial charge >= 0.3 is 0 Å². The van der Waals surface area contributed by atoms with Crippen molar-refractivity contribution in [2.75, 3.05) is 51.3 Å². The van der Waals surface area contributed by atoms with Crippen LogP contribution >= 0.6 is 35.7 Å². The van der Waals surface area contributed by atoms with Gasteiger partial charge in [0.15, 0.2) is 5.96 Å². The third-order valence-corrected chi connectivity index (χ3v) is 7.61. The van der Waals surface area contributed by atoms with E-state index in [0.717, 1.165) is 37.8 Å². The molecule has 0 saturated carbocycles. The fraction of sp³-hybridized carbons (Fsp3) is 0.938. The third-order valence-electron chi connectivity index (χ3n) is 4.20. The summed E-state index contributed by atoms with van der Waals surface area (Å²) in [6, 6.07) is 0. The first-order valence-corrected chi connectivity index (χ1v) is 11.6. The molecule has 0 radical (unpaired) electrons. The SMILES string of the molecule is CCNC(=NCCCN(C)S(=O)(=O)CC)N1CCSC(C(C)C)C1.I. The van der Waals surface area contributed by atoms with Gasteiger partial charge in [0.1, 0.15) is 0 Å². The summed E-state index contributed by atoms with van der Waals surface area (Å²) in [6.45, 7) is 12.3. The van der Waals surface area contributed by atoms with Crippen molar-refractivity contribution in [1.29, 1.82) is 0 Å². The molecule has 0 amide bonds. The molecule has 0 spiro atoms. The van der Waals surface area contributed by atoms with Crippen LogP contribution in [0.2, 0.25) is 0 Å². The zero-order valence-corrected chi connectivity index (χ0v) is 20.2. The summed E-state index contributed by atoms with van der Waals surface area (Å²) in [5, 5.41) is 4.02. The van der Waals surface area contributed by atoms with Gasteiger partial charge in [-0.25, -0.2) is 12.7 Å². The zero-order valence-electron chi connectivity index (χ0n) is 16.2. The van der Waals surface area contributed by atoms with Crippen molar-refractivity contribution in [3.8, 4) is 0 Å². The Kier molecular flexibility index (Phi) is 12.7. The van der Waals surface area contributed by atoms with Gasteiger partial charge in [0.25, 0.3) is 0 Å². The minimum absolute atomic E-state index is 0. The summed E-state index contributed by atoms with van der Waals surface area (Å²) in [5.41, 5.74) is 0. The fourth-order valence-electron chi connectivity index (χ4n) is 2.53. The average Bonchev–Trinajstić information content (AvgIpc) is 2.57. The van der Waals surface area contributed by atoms with E-state index in [-0.39, 0.29) is 29.7 Å². The quantitative estimate of drug-likeness (QED) is 0.237. The summed E-state index contributed by atoms with van der Waals surface area (Å²) >= 11 is 2.05. The minimum atomic E-state index is -3.09. The molecule has 1 aliphatic rings. The number of guanidine groups is 1. The van der Waals surface area contributed by atoms with Crippen LogP contribution in [0.1, 0.15) is 34.1 Å². The van der Waals surface area contributed by atoms with Gasteiger partial charge in [0, 0.05) is 50.8 Å². The van der Waals surface area contributed by atoms with Gasteiger partial charge in [0.05, 0.1) is 5.75 Å². The van der Waals surface area contributed by atoms with Crippen LogP contribution < -0.4 is 5.32 Å². The van der Waals surface area contributed by atoms with E-state index in [1.165, 1.54) is 4.31 Å². The lowest BCUT2D eigenvalue weighted by atomic mass is 10.1. The molecule has 9 heteroatoms. The largest absolute Gasteiger partial charge is 0.357 e. The lowest BCUT2D eigenvalue weighted by Gasteiger charge is -2.36. The Morgan fingerprint density at radius 3 is 2.64 bits per heavy atom. The maximum Gasteiger partial charge on any atom is 0.213 e. The minimum Gasteiger partial charge on any atom is -0.357 e.